The van der Waals surface area contributed by atoms with Crippen molar-refractivity contribution in [2.75, 3.05) is 23.4 Å². The highest BCUT2D eigenvalue weighted by atomic mass is 16.6. The second kappa shape index (κ2) is 8.94. The van der Waals surface area contributed by atoms with Gasteiger partial charge in [-0.1, -0.05) is 35.9 Å². The number of anilines is 2. The zero-order chi connectivity index (χ0) is 28.7. The van der Waals surface area contributed by atoms with Crippen LogP contribution in [0, 0.1) is 13.8 Å². The number of benzene rings is 2. The molecule has 1 saturated heterocycles. The van der Waals surface area contributed by atoms with Crippen LogP contribution in [-0.4, -0.2) is 46.6 Å². The summed E-state index contributed by atoms with van der Waals surface area (Å²) in [6.45, 7) is 11.3. The standard InChI is InChI=1S/C32H33N5O4/c1-17-6-9-25-23(10-17)32(29(38)37(25)30(39)41-31(3,4)5)12-24(32)19-7-8-22-20(11-19)14-34-28(22)36-26-18(2)13-33-27(35-26)21-15-40-16-21/h6-11,13,21,24H,12,14-16H2,1-5H3,(H,33,34,35,36)/t24-,32-/m0/s1. The Kier molecular flexibility index (Phi) is 5.64. The number of ether oxygens (including phenoxy) is 2. The van der Waals surface area contributed by atoms with Gasteiger partial charge in [0.1, 0.15) is 23.1 Å². The van der Waals surface area contributed by atoms with Gasteiger partial charge in [0.05, 0.1) is 36.8 Å². The molecule has 4 aliphatic rings. The second-order valence-corrected chi connectivity index (χ2v) is 12.6. The Labute approximate surface area is 239 Å². The Morgan fingerprint density at radius 1 is 1.15 bits per heavy atom. The molecule has 3 aliphatic heterocycles. The van der Waals surface area contributed by atoms with Crippen molar-refractivity contribution < 1.29 is 19.1 Å². The molecule has 1 spiro atoms. The average molecular weight is 552 g/mol. The van der Waals surface area contributed by atoms with Gasteiger partial charge in [0.15, 0.2) is 0 Å². The van der Waals surface area contributed by atoms with Crippen LogP contribution >= 0.6 is 0 Å². The Hall–Kier alpha value is -4.11. The van der Waals surface area contributed by atoms with E-state index in [0.717, 1.165) is 50.9 Å². The average Bonchev–Trinajstić information content (AvgIpc) is 3.44. The van der Waals surface area contributed by atoms with Gasteiger partial charge in [-0.2, -0.15) is 0 Å². The largest absolute Gasteiger partial charge is 0.443 e. The Balaban J connectivity index is 1.15. The minimum absolute atomic E-state index is 0.0262. The van der Waals surface area contributed by atoms with Crippen LogP contribution in [0.5, 0.6) is 0 Å². The van der Waals surface area contributed by atoms with Gasteiger partial charge < -0.3 is 14.8 Å². The number of aromatic nitrogens is 2. The summed E-state index contributed by atoms with van der Waals surface area (Å²) in [7, 11) is 0. The van der Waals surface area contributed by atoms with Crippen molar-refractivity contribution in [2.24, 2.45) is 4.99 Å². The maximum Gasteiger partial charge on any atom is 0.421 e. The van der Waals surface area contributed by atoms with E-state index in [9.17, 15) is 9.59 Å². The van der Waals surface area contributed by atoms with Crippen molar-refractivity contribution in [1.82, 2.24) is 9.97 Å². The summed E-state index contributed by atoms with van der Waals surface area (Å²) in [5.41, 5.74) is 5.29. The molecule has 1 aromatic heterocycles. The number of hydrogen-bond acceptors (Lipinski definition) is 8. The SMILES string of the molecule is Cc1ccc2c(c1)[C@]1(C[C@H]1c1ccc3c(c1)CN=C3Nc1nc(C3COC3)ncc1C)C(=O)N2C(=O)OC(C)(C)C. The number of imide groups is 1. The lowest BCUT2D eigenvalue weighted by atomic mass is 9.90. The van der Waals surface area contributed by atoms with E-state index in [0.29, 0.717) is 31.9 Å². The zero-order valence-corrected chi connectivity index (χ0v) is 23.9. The summed E-state index contributed by atoms with van der Waals surface area (Å²) in [6, 6.07) is 12.2. The fraction of sp³-hybridized carbons (Fsp3) is 0.406. The quantitative estimate of drug-likeness (QED) is 0.472. The normalized spacial score (nSPS) is 22.8. The highest BCUT2D eigenvalue weighted by Crippen LogP contribution is 2.66. The predicted molar refractivity (Wildman–Crippen MR) is 155 cm³/mol. The van der Waals surface area contributed by atoms with Crippen LogP contribution in [0.4, 0.5) is 16.3 Å². The Bertz CT molecular complexity index is 1650. The molecule has 2 fully saturated rings. The van der Waals surface area contributed by atoms with Gasteiger partial charge in [-0.3, -0.25) is 9.79 Å². The number of hydrogen-bond donors (Lipinski definition) is 1. The second-order valence-electron chi connectivity index (χ2n) is 12.6. The van der Waals surface area contributed by atoms with E-state index in [1.807, 2.05) is 38.2 Å². The summed E-state index contributed by atoms with van der Waals surface area (Å²) in [6.07, 6.45) is 1.87. The molecule has 7 rings (SSSR count). The summed E-state index contributed by atoms with van der Waals surface area (Å²) in [4.78, 5) is 42.4. The third kappa shape index (κ3) is 4.13. The van der Waals surface area contributed by atoms with Crippen molar-refractivity contribution in [2.45, 2.75) is 70.4 Å². The number of fused-ring (bicyclic) bond motifs is 3. The van der Waals surface area contributed by atoms with E-state index in [-0.39, 0.29) is 17.7 Å². The minimum atomic E-state index is -0.757. The lowest BCUT2D eigenvalue weighted by Crippen LogP contribution is -2.41. The van der Waals surface area contributed by atoms with E-state index >= 15 is 0 Å². The van der Waals surface area contributed by atoms with Crippen LogP contribution in [0.25, 0.3) is 0 Å². The van der Waals surface area contributed by atoms with E-state index in [2.05, 4.69) is 28.5 Å². The number of rotatable bonds is 3. The van der Waals surface area contributed by atoms with Gasteiger partial charge in [0.25, 0.3) is 0 Å². The molecule has 2 atom stereocenters. The molecule has 2 amide bonds. The Morgan fingerprint density at radius 2 is 1.95 bits per heavy atom. The number of amides is 2. The summed E-state index contributed by atoms with van der Waals surface area (Å²) < 4.78 is 10.9. The van der Waals surface area contributed by atoms with Gasteiger partial charge >= 0.3 is 6.09 Å². The molecule has 9 heteroatoms. The molecule has 4 heterocycles. The van der Waals surface area contributed by atoms with Gasteiger partial charge in [-0.25, -0.2) is 19.7 Å². The van der Waals surface area contributed by atoms with Crippen LogP contribution < -0.4 is 10.2 Å². The molecule has 3 aromatic rings. The van der Waals surface area contributed by atoms with Gasteiger partial charge in [-0.15, -0.1) is 0 Å². The van der Waals surface area contributed by atoms with Crippen LogP contribution in [0.1, 0.15) is 78.2 Å². The molecule has 0 unspecified atom stereocenters. The first kappa shape index (κ1) is 25.8. The molecule has 0 radical (unpaired) electrons. The summed E-state index contributed by atoms with van der Waals surface area (Å²) in [5.74, 6) is 2.33. The lowest BCUT2D eigenvalue weighted by Gasteiger charge is -2.25. The molecule has 210 valence electrons. The molecule has 41 heavy (non-hydrogen) atoms. The third-order valence-corrected chi connectivity index (χ3v) is 8.42. The van der Waals surface area contributed by atoms with Crippen LogP contribution in [0.3, 0.4) is 0 Å². The molecule has 9 nitrogen and oxygen atoms in total. The summed E-state index contributed by atoms with van der Waals surface area (Å²) in [5, 5.41) is 3.43. The number of amidine groups is 1. The molecule has 2 aromatic carbocycles. The number of nitrogens with one attached hydrogen (secondary N) is 1. The van der Waals surface area contributed by atoms with Crippen LogP contribution in [-0.2, 0) is 26.2 Å². The third-order valence-electron chi connectivity index (χ3n) is 8.42. The smallest absolute Gasteiger partial charge is 0.421 e. The van der Waals surface area contributed by atoms with Gasteiger partial charge in [0.2, 0.25) is 5.91 Å². The monoisotopic (exact) mass is 551 g/mol. The summed E-state index contributed by atoms with van der Waals surface area (Å²) >= 11 is 0. The number of aliphatic imine (C=N–C) groups is 1. The number of aryl methyl sites for hydroxylation is 2. The topological polar surface area (TPSA) is 106 Å². The predicted octanol–water partition coefficient (Wildman–Crippen LogP) is 5.29. The molecule has 1 aliphatic carbocycles. The maximum absolute atomic E-state index is 14.0. The van der Waals surface area contributed by atoms with Crippen molar-refractivity contribution >= 4 is 29.3 Å². The van der Waals surface area contributed by atoms with E-state index < -0.39 is 17.1 Å². The fourth-order valence-corrected chi connectivity index (χ4v) is 6.14. The molecule has 1 N–H and O–H groups in total. The van der Waals surface area contributed by atoms with E-state index in [4.69, 9.17) is 19.5 Å². The van der Waals surface area contributed by atoms with Crippen LogP contribution in [0.2, 0.25) is 0 Å². The molecule has 0 bridgehead atoms. The number of nitrogens with zero attached hydrogens (tertiary/aromatic N) is 4. The van der Waals surface area contributed by atoms with Gasteiger partial charge in [0, 0.05) is 23.2 Å². The van der Waals surface area contributed by atoms with Gasteiger partial charge in [-0.05, 0) is 63.8 Å². The lowest BCUT2D eigenvalue weighted by molar-refractivity contribution is -0.120. The Morgan fingerprint density at radius 3 is 2.68 bits per heavy atom. The van der Waals surface area contributed by atoms with E-state index in [1.54, 1.807) is 20.8 Å². The molecular weight excluding hydrogens is 518 g/mol. The number of carbonyl (C=O) groups excluding carboxylic acids is 2. The highest BCUT2D eigenvalue weighted by molar-refractivity contribution is 6.23. The zero-order valence-electron chi connectivity index (χ0n) is 23.9. The number of carbonyl (C=O) groups is 2. The first-order valence-corrected chi connectivity index (χ1v) is 14.1. The van der Waals surface area contributed by atoms with E-state index in [1.165, 1.54) is 4.90 Å². The van der Waals surface area contributed by atoms with Crippen molar-refractivity contribution in [1.29, 1.82) is 0 Å². The first-order valence-electron chi connectivity index (χ1n) is 14.1. The van der Waals surface area contributed by atoms with Crippen molar-refractivity contribution in [3.8, 4) is 0 Å². The first-order chi connectivity index (χ1) is 19.5. The minimum Gasteiger partial charge on any atom is -0.443 e. The maximum atomic E-state index is 14.0. The fourth-order valence-electron chi connectivity index (χ4n) is 6.14. The van der Waals surface area contributed by atoms with Crippen molar-refractivity contribution in [3.05, 3.63) is 81.8 Å². The van der Waals surface area contributed by atoms with Crippen molar-refractivity contribution in [3.63, 3.8) is 0 Å². The van der Waals surface area contributed by atoms with Crippen LogP contribution in [0.15, 0.2) is 47.6 Å². The molecular formula is C32H33N5O4. The highest BCUT2D eigenvalue weighted by Gasteiger charge is 2.68. The molecule has 1 saturated carbocycles.